The van der Waals surface area contributed by atoms with Gasteiger partial charge < -0.3 is 10.4 Å². The molecule has 116 valence electrons. The zero-order valence-electron chi connectivity index (χ0n) is 11.1. The molecular weight excluding hydrogens is 293 g/mol. The minimum atomic E-state index is -4.21. The Morgan fingerprint density at radius 2 is 2.05 bits per heavy atom. The number of carbonyl (C=O) groups excluding carboxylic acids is 1. The second kappa shape index (κ2) is 6.11. The quantitative estimate of drug-likeness (QED) is 0.816. The van der Waals surface area contributed by atoms with E-state index in [0.29, 0.717) is 25.8 Å². The molecule has 1 unspecified atom stereocenters. The van der Waals surface area contributed by atoms with Gasteiger partial charge in [0.05, 0.1) is 6.54 Å². The summed E-state index contributed by atoms with van der Waals surface area (Å²) in [4.78, 5) is 13.3. The minimum absolute atomic E-state index is 0.191. The monoisotopic (exact) mass is 312 g/mol. The van der Waals surface area contributed by atoms with E-state index in [9.17, 15) is 23.1 Å². The highest BCUT2D eigenvalue weighted by Crippen LogP contribution is 2.27. The summed E-state index contributed by atoms with van der Waals surface area (Å²) in [6.45, 7) is -0.435. The van der Waals surface area contributed by atoms with E-state index >= 15 is 0 Å². The molecule has 2 saturated heterocycles. The van der Waals surface area contributed by atoms with Crippen LogP contribution in [0.4, 0.5) is 13.2 Å². The Hall–Kier alpha value is -0.470. The summed E-state index contributed by atoms with van der Waals surface area (Å²) in [5.41, 5.74) is -1.34. The molecule has 1 amide bonds. The lowest BCUT2D eigenvalue weighted by molar-refractivity contribution is -0.144. The van der Waals surface area contributed by atoms with Gasteiger partial charge in [0.15, 0.2) is 0 Å². The van der Waals surface area contributed by atoms with Gasteiger partial charge in [0.1, 0.15) is 5.60 Å². The van der Waals surface area contributed by atoms with Crippen molar-refractivity contribution in [3.05, 3.63) is 0 Å². The molecule has 2 aliphatic rings. The van der Waals surface area contributed by atoms with E-state index in [1.807, 2.05) is 0 Å². The normalized spacial score (nSPS) is 27.5. The standard InChI is InChI=1S/C12H19F3N2O2S/c13-12(14,15)8-17-4-1-9(7-17)16-10(18)11(19)2-5-20-6-3-11/h9,19H,1-8H2,(H,16,18). The second-order valence-electron chi connectivity index (χ2n) is 5.45. The average Bonchev–Trinajstić information content (AvgIpc) is 2.75. The van der Waals surface area contributed by atoms with Crippen LogP contribution in [-0.2, 0) is 4.79 Å². The molecule has 0 bridgehead atoms. The molecular formula is C12H19F3N2O2S. The summed E-state index contributed by atoms with van der Waals surface area (Å²) in [6, 6.07) is -0.302. The maximum absolute atomic E-state index is 12.3. The van der Waals surface area contributed by atoms with Crippen molar-refractivity contribution in [3.63, 3.8) is 0 Å². The van der Waals surface area contributed by atoms with Crippen molar-refractivity contribution in [3.8, 4) is 0 Å². The molecule has 2 aliphatic heterocycles. The predicted octanol–water partition coefficient (Wildman–Crippen LogP) is 0.997. The molecule has 0 radical (unpaired) electrons. The van der Waals surface area contributed by atoms with Crippen LogP contribution < -0.4 is 5.32 Å². The van der Waals surface area contributed by atoms with Gasteiger partial charge in [-0.1, -0.05) is 0 Å². The van der Waals surface area contributed by atoms with Crippen LogP contribution >= 0.6 is 11.8 Å². The number of thioether (sulfide) groups is 1. The average molecular weight is 312 g/mol. The number of nitrogens with one attached hydrogen (secondary N) is 1. The SMILES string of the molecule is O=C(NC1CCN(CC(F)(F)F)C1)C1(O)CCSCC1. The number of hydrogen-bond donors (Lipinski definition) is 2. The number of likely N-dealkylation sites (tertiary alicyclic amines) is 1. The summed E-state index contributed by atoms with van der Waals surface area (Å²) >= 11 is 1.69. The first kappa shape index (κ1) is 15.9. The fraction of sp³-hybridized carbons (Fsp3) is 0.917. The first-order chi connectivity index (χ1) is 9.28. The van der Waals surface area contributed by atoms with Crippen LogP contribution in [0.1, 0.15) is 19.3 Å². The zero-order valence-corrected chi connectivity index (χ0v) is 11.9. The third kappa shape index (κ3) is 4.26. The number of carbonyl (C=O) groups is 1. The van der Waals surface area contributed by atoms with E-state index in [1.165, 1.54) is 4.90 Å². The molecule has 8 heteroatoms. The number of halogens is 3. The van der Waals surface area contributed by atoms with Crippen LogP contribution in [0.5, 0.6) is 0 Å². The van der Waals surface area contributed by atoms with Crippen LogP contribution in [0.15, 0.2) is 0 Å². The van der Waals surface area contributed by atoms with E-state index < -0.39 is 24.2 Å². The number of amides is 1. The molecule has 0 aromatic heterocycles. The van der Waals surface area contributed by atoms with Crippen LogP contribution in [0.3, 0.4) is 0 Å². The molecule has 0 aliphatic carbocycles. The molecule has 4 nitrogen and oxygen atoms in total. The van der Waals surface area contributed by atoms with Crippen molar-refractivity contribution in [2.24, 2.45) is 0 Å². The molecule has 0 saturated carbocycles. The van der Waals surface area contributed by atoms with Gasteiger partial charge in [-0.15, -0.1) is 0 Å². The van der Waals surface area contributed by atoms with E-state index in [-0.39, 0.29) is 12.6 Å². The maximum Gasteiger partial charge on any atom is 0.401 e. The molecule has 0 aromatic rings. The Labute approximate surface area is 120 Å². The summed E-state index contributed by atoms with van der Waals surface area (Å²) in [6.07, 6.45) is -2.91. The maximum atomic E-state index is 12.3. The van der Waals surface area contributed by atoms with Gasteiger partial charge >= 0.3 is 6.18 Å². The van der Waals surface area contributed by atoms with E-state index in [4.69, 9.17) is 0 Å². The number of nitrogens with zero attached hydrogens (tertiary/aromatic N) is 1. The van der Waals surface area contributed by atoms with Crippen LogP contribution in [0.25, 0.3) is 0 Å². The summed E-state index contributed by atoms with van der Waals surface area (Å²) in [7, 11) is 0. The summed E-state index contributed by atoms with van der Waals surface area (Å²) < 4.78 is 36.8. The lowest BCUT2D eigenvalue weighted by Crippen LogP contribution is -2.52. The lowest BCUT2D eigenvalue weighted by atomic mass is 9.95. The molecule has 2 fully saturated rings. The highest BCUT2D eigenvalue weighted by atomic mass is 32.2. The van der Waals surface area contributed by atoms with Crippen molar-refractivity contribution in [2.75, 3.05) is 31.1 Å². The van der Waals surface area contributed by atoms with Crippen LogP contribution in [0.2, 0.25) is 0 Å². The topological polar surface area (TPSA) is 52.6 Å². The molecule has 2 N–H and O–H groups in total. The van der Waals surface area contributed by atoms with Gasteiger partial charge in [-0.2, -0.15) is 24.9 Å². The van der Waals surface area contributed by atoms with Gasteiger partial charge in [0.25, 0.3) is 5.91 Å². The lowest BCUT2D eigenvalue weighted by Gasteiger charge is -2.31. The molecule has 2 rings (SSSR count). The smallest absolute Gasteiger partial charge is 0.380 e. The first-order valence-corrected chi connectivity index (χ1v) is 7.84. The Kier molecular flexibility index (Phi) is 4.86. The van der Waals surface area contributed by atoms with Gasteiger partial charge in [0.2, 0.25) is 0 Å². The first-order valence-electron chi connectivity index (χ1n) is 6.69. The Morgan fingerprint density at radius 1 is 1.40 bits per heavy atom. The van der Waals surface area contributed by atoms with Crippen molar-refractivity contribution in [1.82, 2.24) is 10.2 Å². The van der Waals surface area contributed by atoms with Crippen molar-refractivity contribution in [1.29, 1.82) is 0 Å². The van der Waals surface area contributed by atoms with Crippen LogP contribution in [0, 0.1) is 0 Å². The van der Waals surface area contributed by atoms with Gasteiger partial charge in [-0.25, -0.2) is 0 Å². The molecule has 20 heavy (non-hydrogen) atoms. The molecule has 1 atom stereocenters. The molecule has 0 spiro atoms. The number of rotatable bonds is 3. The second-order valence-corrected chi connectivity index (χ2v) is 6.68. The highest BCUT2D eigenvalue weighted by molar-refractivity contribution is 7.99. The van der Waals surface area contributed by atoms with E-state index in [1.54, 1.807) is 11.8 Å². The largest absolute Gasteiger partial charge is 0.401 e. The molecule has 0 aromatic carbocycles. The fourth-order valence-electron chi connectivity index (χ4n) is 2.60. The number of hydrogen-bond acceptors (Lipinski definition) is 4. The van der Waals surface area contributed by atoms with Crippen LogP contribution in [-0.4, -0.2) is 64.9 Å². The molecule has 2 heterocycles. The Morgan fingerprint density at radius 3 is 2.65 bits per heavy atom. The van der Waals surface area contributed by atoms with Gasteiger partial charge in [-0.05, 0) is 30.8 Å². The summed E-state index contributed by atoms with van der Waals surface area (Å²) in [5.74, 6) is 1.03. The van der Waals surface area contributed by atoms with Crippen molar-refractivity contribution >= 4 is 17.7 Å². The third-order valence-electron chi connectivity index (χ3n) is 3.75. The Bertz CT molecular complexity index is 359. The van der Waals surface area contributed by atoms with E-state index in [2.05, 4.69) is 5.32 Å². The summed E-state index contributed by atoms with van der Waals surface area (Å²) in [5, 5.41) is 12.9. The predicted molar refractivity (Wildman–Crippen MR) is 70.6 cm³/mol. The zero-order chi connectivity index (χ0) is 14.8. The fourth-order valence-corrected chi connectivity index (χ4v) is 3.77. The number of aliphatic hydroxyl groups is 1. The van der Waals surface area contributed by atoms with Crippen molar-refractivity contribution in [2.45, 2.75) is 37.1 Å². The van der Waals surface area contributed by atoms with Gasteiger partial charge in [-0.3, -0.25) is 9.69 Å². The Balaban J connectivity index is 1.81. The van der Waals surface area contributed by atoms with E-state index in [0.717, 1.165) is 11.5 Å². The van der Waals surface area contributed by atoms with Crippen molar-refractivity contribution < 1.29 is 23.1 Å². The minimum Gasteiger partial charge on any atom is -0.380 e. The highest BCUT2D eigenvalue weighted by Gasteiger charge is 2.40. The van der Waals surface area contributed by atoms with Gasteiger partial charge in [0, 0.05) is 19.1 Å². The number of alkyl halides is 3. The third-order valence-corrected chi connectivity index (χ3v) is 4.74.